The van der Waals surface area contributed by atoms with Crippen molar-refractivity contribution in [2.75, 3.05) is 0 Å². The molecule has 0 radical (unpaired) electrons. The van der Waals surface area contributed by atoms with Crippen LogP contribution in [0, 0.1) is 0 Å². The maximum Gasteiger partial charge on any atom is -1.00 e. The molecule has 0 unspecified atom stereocenters. The first-order chi connectivity index (χ1) is 4.41. The van der Waals surface area contributed by atoms with Gasteiger partial charge in [-0.15, -0.1) is 0 Å². The first-order valence-corrected chi connectivity index (χ1v) is 4.93. The summed E-state index contributed by atoms with van der Waals surface area (Å²) in [7, 11) is 0. The number of rotatable bonds is 6. The molecule has 0 saturated carbocycles. The van der Waals surface area contributed by atoms with Crippen LogP contribution in [-0.4, -0.2) is 16.3 Å². The van der Waals surface area contributed by atoms with Crippen molar-refractivity contribution in [1.29, 1.82) is 0 Å². The van der Waals surface area contributed by atoms with E-state index in [1.165, 1.54) is 43.8 Å². The van der Waals surface area contributed by atoms with E-state index >= 15 is 0 Å². The molecule has 0 fully saturated rings. The predicted molar refractivity (Wildman–Crippen MR) is 43.9 cm³/mol. The van der Waals surface area contributed by atoms with E-state index in [1.54, 1.807) is 0 Å². The van der Waals surface area contributed by atoms with Crippen molar-refractivity contribution in [2.24, 2.45) is 0 Å². The topological polar surface area (TPSA) is 0 Å². The minimum absolute atomic E-state index is 0. The molecular formula is C8H17AlCl2. The second-order valence-corrected chi connectivity index (χ2v) is 3.13. The SMILES string of the molecule is CCCCCCC[CH2][Al+2].[Cl-].[Cl-]. The summed E-state index contributed by atoms with van der Waals surface area (Å²) in [5, 5.41) is 1.28. The molecule has 0 heterocycles. The van der Waals surface area contributed by atoms with Gasteiger partial charge in [0.1, 0.15) is 0 Å². The van der Waals surface area contributed by atoms with Gasteiger partial charge >= 0.3 is 67.0 Å². The monoisotopic (exact) mass is 210 g/mol. The van der Waals surface area contributed by atoms with Crippen LogP contribution in [0.2, 0.25) is 5.28 Å². The van der Waals surface area contributed by atoms with E-state index < -0.39 is 0 Å². The van der Waals surface area contributed by atoms with Crippen molar-refractivity contribution in [2.45, 2.75) is 50.7 Å². The van der Waals surface area contributed by atoms with E-state index in [0.29, 0.717) is 0 Å². The van der Waals surface area contributed by atoms with Crippen molar-refractivity contribution in [1.82, 2.24) is 0 Å². The summed E-state index contributed by atoms with van der Waals surface area (Å²) >= 11 is 2.78. The Morgan fingerprint density at radius 3 is 1.73 bits per heavy atom. The number of hydrogen-bond acceptors (Lipinski definition) is 0. The Morgan fingerprint density at radius 1 is 0.818 bits per heavy atom. The molecule has 0 atom stereocenters. The Bertz CT molecular complexity index is 45.4. The standard InChI is InChI=1S/C8H17.Al.2ClH/c1-3-5-7-8-6-4-2;;;/h1,3-8H2,2H3;;2*1H/q;+2;;/p-2. The predicted octanol–water partition coefficient (Wildman–Crippen LogP) is -3.06. The fourth-order valence-electron chi connectivity index (χ4n) is 0.925. The van der Waals surface area contributed by atoms with E-state index in [2.05, 4.69) is 23.2 Å². The first-order valence-electron chi connectivity index (χ1n) is 4.12. The molecule has 11 heavy (non-hydrogen) atoms. The second kappa shape index (κ2) is 17.3. The average Bonchev–Trinajstić information content (AvgIpc) is 1.89. The van der Waals surface area contributed by atoms with Gasteiger partial charge in [-0.1, -0.05) is 0 Å². The minimum Gasteiger partial charge on any atom is -1.00 e. The van der Waals surface area contributed by atoms with E-state index in [4.69, 9.17) is 0 Å². The van der Waals surface area contributed by atoms with E-state index in [-0.39, 0.29) is 24.8 Å². The van der Waals surface area contributed by atoms with Gasteiger partial charge in [0, 0.05) is 0 Å². The number of hydrogen-bond donors (Lipinski definition) is 0. The first kappa shape index (κ1) is 18.0. The molecule has 0 aromatic rings. The molecule has 3 heteroatoms. The Morgan fingerprint density at radius 2 is 1.27 bits per heavy atom. The zero-order valence-corrected chi connectivity index (χ0v) is 9.95. The van der Waals surface area contributed by atoms with Gasteiger partial charge in [0.2, 0.25) is 0 Å². The summed E-state index contributed by atoms with van der Waals surface area (Å²) in [4.78, 5) is 0. The zero-order valence-electron chi connectivity index (χ0n) is 7.28. The van der Waals surface area contributed by atoms with Crippen LogP contribution in [0.4, 0.5) is 0 Å². The van der Waals surface area contributed by atoms with E-state index in [9.17, 15) is 0 Å². The quantitative estimate of drug-likeness (QED) is 0.323. The van der Waals surface area contributed by atoms with Crippen LogP contribution in [0.15, 0.2) is 0 Å². The molecule has 0 nitrogen and oxygen atoms in total. The molecule has 0 aromatic heterocycles. The van der Waals surface area contributed by atoms with Crippen LogP contribution in [0.5, 0.6) is 0 Å². The normalized spacial score (nSPS) is 8.27. The second-order valence-electron chi connectivity index (χ2n) is 2.56. The smallest absolute Gasteiger partial charge is 1.00 e. The van der Waals surface area contributed by atoms with E-state index in [1.807, 2.05) is 0 Å². The molecule has 0 aliphatic carbocycles. The molecule has 0 N–H and O–H groups in total. The summed E-state index contributed by atoms with van der Waals surface area (Å²) in [5.41, 5.74) is 0. The fraction of sp³-hybridized carbons (Fsp3) is 1.00. The Kier molecular flexibility index (Phi) is 28.3. The van der Waals surface area contributed by atoms with E-state index in [0.717, 1.165) is 0 Å². The van der Waals surface area contributed by atoms with Gasteiger partial charge in [-0.3, -0.25) is 0 Å². The third-order valence-electron chi connectivity index (χ3n) is 1.56. The van der Waals surface area contributed by atoms with Gasteiger partial charge in [0.15, 0.2) is 0 Å². The van der Waals surface area contributed by atoms with Gasteiger partial charge in [-0.25, -0.2) is 0 Å². The van der Waals surface area contributed by atoms with Crippen molar-refractivity contribution >= 4 is 16.3 Å². The van der Waals surface area contributed by atoms with Crippen LogP contribution < -0.4 is 24.8 Å². The average molecular weight is 211 g/mol. The van der Waals surface area contributed by atoms with Gasteiger partial charge in [-0.2, -0.15) is 0 Å². The van der Waals surface area contributed by atoms with Crippen LogP contribution in [0.1, 0.15) is 45.4 Å². The third-order valence-corrected chi connectivity index (χ3v) is 1.97. The van der Waals surface area contributed by atoms with Crippen molar-refractivity contribution in [3.63, 3.8) is 0 Å². The summed E-state index contributed by atoms with van der Waals surface area (Å²) in [6.07, 6.45) is 8.51. The summed E-state index contributed by atoms with van der Waals surface area (Å²) in [6, 6.07) is 0. The largest absolute Gasteiger partial charge is 1.00 e. The number of unbranched alkanes of at least 4 members (excludes halogenated alkanes) is 5. The van der Waals surface area contributed by atoms with Crippen LogP contribution >= 0.6 is 0 Å². The fourth-order valence-corrected chi connectivity index (χ4v) is 1.21. The van der Waals surface area contributed by atoms with Crippen molar-refractivity contribution < 1.29 is 24.8 Å². The number of halogens is 2. The molecule has 0 amide bonds. The molecule has 0 aromatic carbocycles. The third kappa shape index (κ3) is 18.2. The summed E-state index contributed by atoms with van der Waals surface area (Å²) in [5.74, 6) is 0. The molecule has 0 aliphatic rings. The van der Waals surface area contributed by atoms with Crippen LogP contribution in [-0.2, 0) is 0 Å². The van der Waals surface area contributed by atoms with Crippen LogP contribution in [0.3, 0.4) is 0 Å². The van der Waals surface area contributed by atoms with Crippen molar-refractivity contribution in [3.8, 4) is 0 Å². The molecule has 0 saturated heterocycles. The molecule has 0 aliphatic heterocycles. The minimum atomic E-state index is 0. The maximum absolute atomic E-state index is 2.78. The van der Waals surface area contributed by atoms with Gasteiger partial charge in [0.05, 0.1) is 0 Å². The molecule has 0 bridgehead atoms. The van der Waals surface area contributed by atoms with Gasteiger partial charge < -0.3 is 24.8 Å². The van der Waals surface area contributed by atoms with Crippen molar-refractivity contribution in [3.05, 3.63) is 0 Å². The molecular weight excluding hydrogens is 194 g/mol. The Hall–Kier alpha value is 1.11. The zero-order chi connectivity index (χ0) is 6.95. The Labute approximate surface area is 91.8 Å². The van der Waals surface area contributed by atoms with Gasteiger partial charge in [-0.05, 0) is 0 Å². The molecule has 0 spiro atoms. The molecule has 66 valence electrons. The maximum atomic E-state index is 2.78. The molecule has 0 rings (SSSR count). The Balaban J connectivity index is -0.000000320. The van der Waals surface area contributed by atoms with Gasteiger partial charge in [0.25, 0.3) is 0 Å². The van der Waals surface area contributed by atoms with Crippen LogP contribution in [0.25, 0.3) is 0 Å². The summed E-state index contributed by atoms with van der Waals surface area (Å²) < 4.78 is 0. The summed E-state index contributed by atoms with van der Waals surface area (Å²) in [6.45, 7) is 2.26.